The van der Waals surface area contributed by atoms with E-state index in [9.17, 15) is 26.4 Å². The van der Waals surface area contributed by atoms with Crippen molar-refractivity contribution < 1.29 is 26.4 Å². The summed E-state index contributed by atoms with van der Waals surface area (Å²) >= 11 is 6.33. The molecule has 1 aliphatic heterocycles. The fraction of sp³-hybridized carbons (Fsp3) is 0.227. The Hall–Kier alpha value is -2.98. The number of sulfone groups is 1. The summed E-state index contributed by atoms with van der Waals surface area (Å²) < 4.78 is 61.2. The van der Waals surface area contributed by atoms with Crippen LogP contribution in [0.2, 0.25) is 5.02 Å². The Labute approximate surface area is 192 Å². The minimum Gasteiger partial charge on any atom is -0.322 e. The summed E-state index contributed by atoms with van der Waals surface area (Å²) in [7, 11) is -5.35. The zero-order chi connectivity index (χ0) is 23.8. The number of carbonyl (C=O) groups is 1. The van der Waals surface area contributed by atoms with Crippen molar-refractivity contribution in [2.24, 2.45) is 9.98 Å². The van der Waals surface area contributed by atoms with Crippen LogP contribution in [0.4, 0.5) is 18.9 Å². The molecule has 6 nitrogen and oxygen atoms in total. The SMILES string of the molecule is O=C(Nc1ccc(Cl)c(C2=NC3CC=CC=C3N=C2)c1)C1=CCC(S(=O)(=O)C(F)(F)F)C=C1. The molecule has 33 heavy (non-hydrogen) atoms. The maximum Gasteiger partial charge on any atom is 0.497 e. The molecule has 1 aromatic rings. The van der Waals surface area contributed by atoms with Gasteiger partial charge in [-0.1, -0.05) is 42.0 Å². The number of nitrogens with one attached hydrogen (secondary N) is 1. The number of fused-ring (bicyclic) bond motifs is 1. The van der Waals surface area contributed by atoms with Crippen molar-refractivity contribution in [3.63, 3.8) is 0 Å². The average molecular weight is 496 g/mol. The number of nitrogens with zero attached hydrogens (tertiary/aromatic N) is 2. The van der Waals surface area contributed by atoms with Crippen molar-refractivity contribution in [3.05, 3.63) is 76.5 Å². The number of aliphatic imine (C=N–C) groups is 2. The number of carbonyl (C=O) groups excluding carboxylic acids is 1. The van der Waals surface area contributed by atoms with Crippen LogP contribution in [0.3, 0.4) is 0 Å². The molecule has 1 N–H and O–H groups in total. The van der Waals surface area contributed by atoms with E-state index in [2.05, 4.69) is 15.3 Å². The van der Waals surface area contributed by atoms with E-state index in [-0.39, 0.29) is 11.6 Å². The Bertz CT molecular complexity index is 1290. The van der Waals surface area contributed by atoms with Gasteiger partial charge in [-0.05, 0) is 37.1 Å². The summed E-state index contributed by atoms with van der Waals surface area (Å²) in [4.78, 5) is 21.7. The van der Waals surface area contributed by atoms with Crippen molar-refractivity contribution in [2.75, 3.05) is 5.32 Å². The second kappa shape index (κ2) is 8.75. The van der Waals surface area contributed by atoms with Gasteiger partial charge in [0.2, 0.25) is 0 Å². The Balaban J connectivity index is 1.49. The lowest BCUT2D eigenvalue weighted by molar-refractivity contribution is -0.112. The molecule has 4 rings (SSSR count). The fourth-order valence-electron chi connectivity index (χ4n) is 3.50. The summed E-state index contributed by atoms with van der Waals surface area (Å²) in [5.41, 5.74) is -2.93. The first-order valence-corrected chi connectivity index (χ1v) is 11.8. The van der Waals surface area contributed by atoms with Gasteiger partial charge in [-0.15, -0.1) is 0 Å². The van der Waals surface area contributed by atoms with E-state index in [0.717, 1.165) is 17.8 Å². The van der Waals surface area contributed by atoms with Crippen LogP contribution < -0.4 is 5.32 Å². The Morgan fingerprint density at radius 2 is 2.00 bits per heavy atom. The summed E-state index contributed by atoms with van der Waals surface area (Å²) in [6.45, 7) is 0. The van der Waals surface area contributed by atoms with Crippen LogP contribution in [-0.4, -0.2) is 43.1 Å². The molecule has 172 valence electrons. The second-order valence-electron chi connectivity index (χ2n) is 7.48. The van der Waals surface area contributed by atoms with Crippen molar-refractivity contribution in [1.82, 2.24) is 0 Å². The Morgan fingerprint density at radius 1 is 1.21 bits per heavy atom. The van der Waals surface area contributed by atoms with Crippen molar-refractivity contribution in [2.45, 2.75) is 29.6 Å². The van der Waals surface area contributed by atoms with Gasteiger partial charge in [0.05, 0.1) is 33.9 Å². The number of benzene rings is 1. The molecule has 0 bridgehead atoms. The molecule has 0 aromatic heterocycles. The van der Waals surface area contributed by atoms with Gasteiger partial charge in [-0.25, -0.2) is 8.42 Å². The largest absolute Gasteiger partial charge is 0.497 e. The molecule has 0 radical (unpaired) electrons. The molecule has 2 aliphatic carbocycles. The van der Waals surface area contributed by atoms with Gasteiger partial charge in [0.25, 0.3) is 15.7 Å². The van der Waals surface area contributed by atoms with Crippen molar-refractivity contribution >= 4 is 45.0 Å². The smallest absolute Gasteiger partial charge is 0.322 e. The van der Waals surface area contributed by atoms with Crippen LogP contribution in [0.25, 0.3) is 0 Å². The number of hydrogen-bond donors (Lipinski definition) is 1. The number of anilines is 1. The van der Waals surface area contributed by atoms with Gasteiger partial charge < -0.3 is 5.32 Å². The highest BCUT2D eigenvalue weighted by molar-refractivity contribution is 7.93. The molecule has 2 unspecified atom stereocenters. The number of amides is 1. The number of alkyl halides is 3. The summed E-state index contributed by atoms with van der Waals surface area (Å²) in [6.07, 6.45) is 10.8. The minimum absolute atomic E-state index is 0.0560. The Kier molecular flexibility index (Phi) is 6.15. The average Bonchev–Trinajstić information content (AvgIpc) is 2.79. The zero-order valence-corrected chi connectivity index (χ0v) is 18.5. The Morgan fingerprint density at radius 3 is 2.70 bits per heavy atom. The predicted molar refractivity (Wildman–Crippen MR) is 121 cm³/mol. The number of hydrogen-bond acceptors (Lipinski definition) is 5. The highest BCUT2D eigenvalue weighted by atomic mass is 35.5. The molecular formula is C22H17ClF3N3O3S. The molecule has 0 fully saturated rings. The first-order chi connectivity index (χ1) is 15.6. The molecule has 2 atom stereocenters. The van der Waals surface area contributed by atoms with Crippen LogP contribution in [0.15, 0.2) is 75.9 Å². The minimum atomic E-state index is -5.36. The lowest BCUT2D eigenvalue weighted by Gasteiger charge is -2.20. The van der Waals surface area contributed by atoms with Crippen LogP contribution in [0.1, 0.15) is 18.4 Å². The third kappa shape index (κ3) is 4.72. The van der Waals surface area contributed by atoms with E-state index in [4.69, 9.17) is 11.6 Å². The maximum absolute atomic E-state index is 12.7. The molecule has 1 heterocycles. The third-order valence-electron chi connectivity index (χ3n) is 5.28. The highest BCUT2D eigenvalue weighted by Gasteiger charge is 2.49. The second-order valence-corrected chi connectivity index (χ2v) is 10.0. The van der Waals surface area contributed by atoms with Gasteiger partial charge in [0.1, 0.15) is 0 Å². The summed E-state index contributed by atoms with van der Waals surface area (Å²) in [5.74, 6) is -0.593. The molecule has 0 saturated heterocycles. The number of halogens is 4. The van der Waals surface area contributed by atoms with E-state index in [0.29, 0.717) is 28.4 Å². The standard InChI is InChI=1S/C22H17ClF3N3O3S/c23-17-10-7-14(11-16(17)20-12-27-18-3-1-2-4-19(18)29-20)28-21(30)13-5-8-15(9-6-13)33(31,32)22(24,25)26/h1-3,5-8,10-12,15,19H,4,9H2,(H,28,30). The van der Waals surface area contributed by atoms with Crippen molar-refractivity contribution in [3.8, 4) is 0 Å². The van der Waals surface area contributed by atoms with Gasteiger partial charge in [-0.3, -0.25) is 14.8 Å². The molecular weight excluding hydrogens is 479 g/mol. The van der Waals surface area contributed by atoms with Crippen LogP contribution in [0.5, 0.6) is 0 Å². The van der Waals surface area contributed by atoms with Gasteiger partial charge in [0, 0.05) is 16.8 Å². The van der Waals surface area contributed by atoms with Gasteiger partial charge in [-0.2, -0.15) is 13.2 Å². The normalized spacial score (nSPS) is 22.2. The van der Waals surface area contributed by atoms with Gasteiger partial charge >= 0.3 is 5.51 Å². The van der Waals surface area contributed by atoms with Gasteiger partial charge in [0.15, 0.2) is 0 Å². The molecule has 3 aliphatic rings. The summed E-state index contributed by atoms with van der Waals surface area (Å²) in [5, 5.41) is 1.30. The topological polar surface area (TPSA) is 88.0 Å². The lowest BCUT2D eigenvalue weighted by atomic mass is 10.0. The monoisotopic (exact) mass is 495 g/mol. The van der Waals surface area contributed by atoms with E-state index in [1.165, 1.54) is 6.08 Å². The zero-order valence-electron chi connectivity index (χ0n) is 16.9. The highest BCUT2D eigenvalue weighted by Crippen LogP contribution is 2.32. The van der Waals surface area contributed by atoms with E-state index < -0.39 is 32.9 Å². The van der Waals surface area contributed by atoms with Crippen LogP contribution in [0, 0.1) is 0 Å². The molecule has 1 amide bonds. The predicted octanol–water partition coefficient (Wildman–Crippen LogP) is 4.55. The molecule has 1 aromatic carbocycles. The number of rotatable bonds is 4. The molecule has 0 spiro atoms. The van der Waals surface area contributed by atoms with Crippen LogP contribution in [-0.2, 0) is 14.6 Å². The molecule has 0 saturated carbocycles. The first kappa shape index (κ1) is 23.2. The van der Waals surface area contributed by atoms with Crippen LogP contribution >= 0.6 is 11.6 Å². The first-order valence-electron chi connectivity index (χ1n) is 9.84. The van der Waals surface area contributed by atoms with E-state index >= 15 is 0 Å². The summed E-state index contributed by atoms with van der Waals surface area (Å²) in [6, 6.07) is 4.68. The fourth-order valence-corrected chi connectivity index (χ4v) is 4.70. The van der Waals surface area contributed by atoms with E-state index in [1.54, 1.807) is 24.4 Å². The third-order valence-corrected chi connectivity index (χ3v) is 7.40. The quantitative estimate of drug-likeness (QED) is 0.664. The number of allylic oxidation sites excluding steroid dienone is 3. The maximum atomic E-state index is 12.7. The van der Waals surface area contributed by atoms with E-state index in [1.807, 2.05) is 18.2 Å². The molecule has 11 heteroatoms. The lowest BCUT2D eigenvalue weighted by Crippen LogP contribution is -2.34. The van der Waals surface area contributed by atoms with Crippen molar-refractivity contribution in [1.29, 1.82) is 0 Å².